The Labute approximate surface area is 163 Å². The minimum Gasteiger partial charge on any atom is -0.497 e. The monoisotopic (exact) mass is 391 g/mol. The Morgan fingerprint density at radius 2 is 1.81 bits per heavy atom. The van der Waals surface area contributed by atoms with E-state index in [1.165, 1.54) is 11.8 Å². The SMILES string of the molecule is C=CCn1c(SCC(=O)OC(C)(C)C)nnc1-c1cc(OC)cc(OC)c1. The van der Waals surface area contributed by atoms with Crippen LogP contribution in [0.15, 0.2) is 36.0 Å². The van der Waals surface area contributed by atoms with Gasteiger partial charge in [-0.05, 0) is 32.9 Å². The number of carbonyl (C=O) groups is 1. The normalized spacial score (nSPS) is 11.1. The van der Waals surface area contributed by atoms with Gasteiger partial charge in [-0.2, -0.15) is 0 Å². The fourth-order valence-electron chi connectivity index (χ4n) is 2.33. The highest BCUT2D eigenvalue weighted by Gasteiger charge is 2.19. The summed E-state index contributed by atoms with van der Waals surface area (Å²) in [6.07, 6.45) is 1.75. The predicted molar refractivity (Wildman–Crippen MR) is 105 cm³/mol. The maximum Gasteiger partial charge on any atom is 0.316 e. The van der Waals surface area contributed by atoms with E-state index in [9.17, 15) is 4.79 Å². The predicted octanol–water partition coefficient (Wildman–Crippen LogP) is 3.58. The topological polar surface area (TPSA) is 75.5 Å². The van der Waals surface area contributed by atoms with E-state index < -0.39 is 5.60 Å². The van der Waals surface area contributed by atoms with Gasteiger partial charge in [0.1, 0.15) is 17.1 Å². The zero-order valence-corrected chi connectivity index (χ0v) is 17.1. The number of esters is 1. The molecule has 0 radical (unpaired) electrons. The van der Waals surface area contributed by atoms with Crippen LogP contribution in [0.1, 0.15) is 20.8 Å². The van der Waals surface area contributed by atoms with E-state index in [-0.39, 0.29) is 11.7 Å². The van der Waals surface area contributed by atoms with Crippen molar-refractivity contribution >= 4 is 17.7 Å². The number of thioether (sulfide) groups is 1. The molecule has 27 heavy (non-hydrogen) atoms. The maximum atomic E-state index is 12.0. The first-order valence-electron chi connectivity index (χ1n) is 8.39. The van der Waals surface area contributed by atoms with E-state index in [1.54, 1.807) is 26.4 Å². The second kappa shape index (κ2) is 8.94. The number of allylic oxidation sites excluding steroid dienone is 1. The smallest absolute Gasteiger partial charge is 0.316 e. The molecule has 0 N–H and O–H groups in total. The largest absolute Gasteiger partial charge is 0.497 e. The minimum absolute atomic E-state index is 0.147. The molecule has 0 amide bonds. The molecular weight excluding hydrogens is 366 g/mol. The van der Waals surface area contributed by atoms with E-state index >= 15 is 0 Å². The van der Waals surface area contributed by atoms with Crippen LogP contribution in [0.3, 0.4) is 0 Å². The summed E-state index contributed by atoms with van der Waals surface area (Å²) in [6.45, 7) is 9.81. The number of hydrogen-bond donors (Lipinski definition) is 0. The average molecular weight is 391 g/mol. The third kappa shape index (κ3) is 5.75. The van der Waals surface area contributed by atoms with Crippen LogP contribution in [0.25, 0.3) is 11.4 Å². The molecule has 0 bridgehead atoms. The number of aromatic nitrogens is 3. The molecule has 0 atom stereocenters. The summed E-state index contributed by atoms with van der Waals surface area (Å²) in [5.41, 5.74) is 0.277. The lowest BCUT2D eigenvalue weighted by atomic mass is 10.2. The van der Waals surface area contributed by atoms with Gasteiger partial charge >= 0.3 is 5.97 Å². The molecule has 2 rings (SSSR count). The van der Waals surface area contributed by atoms with Gasteiger partial charge in [0.05, 0.1) is 20.0 Å². The van der Waals surface area contributed by atoms with Gasteiger partial charge in [0, 0.05) is 18.2 Å². The van der Waals surface area contributed by atoms with Gasteiger partial charge in [0.2, 0.25) is 0 Å². The van der Waals surface area contributed by atoms with Crippen LogP contribution in [0.4, 0.5) is 0 Å². The van der Waals surface area contributed by atoms with Gasteiger partial charge in [0.15, 0.2) is 11.0 Å². The van der Waals surface area contributed by atoms with Crippen molar-refractivity contribution in [1.82, 2.24) is 14.8 Å². The molecule has 0 aliphatic carbocycles. The molecule has 7 nitrogen and oxygen atoms in total. The minimum atomic E-state index is -0.519. The van der Waals surface area contributed by atoms with Crippen molar-refractivity contribution < 1.29 is 19.0 Å². The third-order valence-corrected chi connectivity index (χ3v) is 4.32. The Kier molecular flexibility index (Phi) is 6.90. The number of rotatable bonds is 8. The molecule has 2 aromatic rings. The zero-order valence-electron chi connectivity index (χ0n) is 16.3. The first-order chi connectivity index (χ1) is 12.8. The number of carbonyl (C=O) groups excluding carboxylic acids is 1. The molecule has 146 valence electrons. The number of nitrogens with zero attached hydrogens (tertiary/aromatic N) is 3. The second-order valence-electron chi connectivity index (χ2n) is 6.68. The summed E-state index contributed by atoms with van der Waals surface area (Å²) in [5.74, 6) is 1.79. The summed E-state index contributed by atoms with van der Waals surface area (Å²) < 4.78 is 17.9. The summed E-state index contributed by atoms with van der Waals surface area (Å²) in [4.78, 5) is 12.0. The third-order valence-electron chi connectivity index (χ3n) is 3.38. The summed E-state index contributed by atoms with van der Waals surface area (Å²) in [6, 6.07) is 5.50. The summed E-state index contributed by atoms with van der Waals surface area (Å²) in [7, 11) is 3.18. The Hall–Kier alpha value is -2.48. The lowest BCUT2D eigenvalue weighted by molar-refractivity contribution is -0.151. The van der Waals surface area contributed by atoms with Gasteiger partial charge < -0.3 is 14.2 Å². The molecule has 1 aromatic heterocycles. The van der Waals surface area contributed by atoms with Crippen LogP contribution < -0.4 is 9.47 Å². The van der Waals surface area contributed by atoms with Gasteiger partial charge in [-0.3, -0.25) is 9.36 Å². The van der Waals surface area contributed by atoms with Crippen molar-refractivity contribution in [3.05, 3.63) is 30.9 Å². The lowest BCUT2D eigenvalue weighted by Crippen LogP contribution is -2.25. The second-order valence-corrected chi connectivity index (χ2v) is 7.62. The van der Waals surface area contributed by atoms with E-state index in [0.29, 0.717) is 29.0 Å². The van der Waals surface area contributed by atoms with Crippen molar-refractivity contribution in [2.24, 2.45) is 0 Å². The Balaban J connectivity index is 2.29. The highest BCUT2D eigenvalue weighted by Crippen LogP contribution is 2.31. The Morgan fingerprint density at radius 1 is 1.19 bits per heavy atom. The first kappa shape index (κ1) is 20.8. The van der Waals surface area contributed by atoms with Crippen molar-refractivity contribution in [2.75, 3.05) is 20.0 Å². The Morgan fingerprint density at radius 3 is 2.33 bits per heavy atom. The molecule has 0 aliphatic heterocycles. The Bertz CT molecular complexity index is 790. The van der Waals surface area contributed by atoms with E-state index in [1.807, 2.05) is 37.5 Å². The van der Waals surface area contributed by atoms with Crippen LogP contribution in [0.2, 0.25) is 0 Å². The number of benzene rings is 1. The van der Waals surface area contributed by atoms with Crippen LogP contribution in [-0.4, -0.2) is 46.3 Å². The van der Waals surface area contributed by atoms with Crippen molar-refractivity contribution in [1.29, 1.82) is 0 Å². The lowest BCUT2D eigenvalue weighted by Gasteiger charge is -2.19. The summed E-state index contributed by atoms with van der Waals surface area (Å²) in [5, 5.41) is 9.13. The van der Waals surface area contributed by atoms with Gasteiger partial charge in [-0.15, -0.1) is 16.8 Å². The fourth-order valence-corrected chi connectivity index (χ4v) is 3.05. The maximum absolute atomic E-state index is 12.0. The van der Waals surface area contributed by atoms with Gasteiger partial charge in [-0.1, -0.05) is 17.8 Å². The summed E-state index contributed by atoms with van der Waals surface area (Å²) >= 11 is 1.28. The van der Waals surface area contributed by atoms with Crippen LogP contribution in [0, 0.1) is 0 Å². The van der Waals surface area contributed by atoms with Crippen LogP contribution in [-0.2, 0) is 16.1 Å². The first-order valence-corrected chi connectivity index (χ1v) is 9.38. The molecular formula is C19H25N3O4S. The van der Waals surface area contributed by atoms with E-state index in [0.717, 1.165) is 5.56 Å². The highest BCUT2D eigenvalue weighted by molar-refractivity contribution is 7.99. The molecule has 0 fully saturated rings. The number of hydrogen-bond acceptors (Lipinski definition) is 7. The molecule has 0 unspecified atom stereocenters. The fraction of sp³-hybridized carbons (Fsp3) is 0.421. The standard InChI is InChI=1S/C19H25N3O4S/c1-7-8-22-17(13-9-14(24-5)11-15(10-13)25-6)20-21-18(22)27-12-16(23)26-19(2,3)4/h7,9-11H,1,8,12H2,2-6H3. The van der Waals surface area contributed by atoms with Crippen LogP contribution >= 0.6 is 11.8 Å². The van der Waals surface area contributed by atoms with Gasteiger partial charge in [-0.25, -0.2) is 0 Å². The van der Waals surface area contributed by atoms with E-state index in [2.05, 4.69) is 16.8 Å². The molecule has 0 spiro atoms. The van der Waals surface area contributed by atoms with Gasteiger partial charge in [0.25, 0.3) is 0 Å². The molecule has 1 heterocycles. The van der Waals surface area contributed by atoms with Crippen molar-refractivity contribution in [3.8, 4) is 22.9 Å². The van der Waals surface area contributed by atoms with Crippen molar-refractivity contribution in [2.45, 2.75) is 38.1 Å². The molecule has 0 saturated heterocycles. The molecule has 0 saturated carbocycles. The van der Waals surface area contributed by atoms with E-state index in [4.69, 9.17) is 14.2 Å². The molecule has 0 aliphatic rings. The number of methoxy groups -OCH3 is 2. The highest BCUT2D eigenvalue weighted by atomic mass is 32.2. The molecule has 1 aromatic carbocycles. The van der Waals surface area contributed by atoms with Crippen LogP contribution in [0.5, 0.6) is 11.5 Å². The zero-order chi connectivity index (χ0) is 20.0. The van der Waals surface area contributed by atoms with Crippen molar-refractivity contribution in [3.63, 3.8) is 0 Å². The average Bonchev–Trinajstić information content (AvgIpc) is 3.01. The number of ether oxygens (including phenoxy) is 3. The molecule has 8 heteroatoms. The quantitative estimate of drug-likeness (QED) is 0.387.